The highest BCUT2D eigenvalue weighted by Gasteiger charge is 2.36. The molecule has 2 aliphatic rings. The van der Waals surface area contributed by atoms with Crippen LogP contribution >= 0.6 is 0 Å². The van der Waals surface area contributed by atoms with Gasteiger partial charge in [-0.25, -0.2) is 9.97 Å². The Bertz CT molecular complexity index is 1470. The van der Waals surface area contributed by atoms with Gasteiger partial charge in [0.2, 0.25) is 11.8 Å². The van der Waals surface area contributed by atoms with Gasteiger partial charge in [-0.3, -0.25) is 19.0 Å². The van der Waals surface area contributed by atoms with Crippen molar-refractivity contribution < 1.29 is 9.59 Å². The fourth-order valence-corrected chi connectivity index (χ4v) is 5.36. The zero-order chi connectivity index (χ0) is 26.2. The Morgan fingerprint density at radius 3 is 2.26 bits per heavy atom. The van der Waals surface area contributed by atoms with Gasteiger partial charge in [-0.05, 0) is 24.5 Å². The number of carbonyl (C=O) groups excluding carboxylic acids is 2. The van der Waals surface area contributed by atoms with Crippen LogP contribution in [0.5, 0.6) is 0 Å². The van der Waals surface area contributed by atoms with Gasteiger partial charge in [0, 0.05) is 87.2 Å². The van der Waals surface area contributed by atoms with E-state index in [2.05, 4.69) is 32.3 Å². The molecule has 3 aromatic heterocycles. The number of aromatic nitrogens is 6. The first-order chi connectivity index (χ1) is 18.4. The van der Waals surface area contributed by atoms with Crippen LogP contribution in [0.4, 0.5) is 0 Å². The van der Waals surface area contributed by atoms with Crippen LogP contribution in [0.25, 0.3) is 33.6 Å². The first-order valence-electron chi connectivity index (χ1n) is 12.9. The minimum Gasteiger partial charge on any atom is -0.345 e. The molecule has 10 nitrogen and oxygen atoms in total. The fraction of sp³-hybridized carbons (Fsp3) is 0.357. The SMILES string of the molecule is CN1CC(C(=O)N2CCC(n3cc(-c4cnc(-c5cccc(-c6cnn(C)c6)c5)nc4)cn3)CC2)CC1=O. The van der Waals surface area contributed by atoms with Crippen molar-refractivity contribution in [3.05, 3.63) is 61.4 Å². The van der Waals surface area contributed by atoms with Crippen LogP contribution < -0.4 is 0 Å². The molecule has 0 bridgehead atoms. The van der Waals surface area contributed by atoms with Crippen LogP contribution in [0.3, 0.4) is 0 Å². The average Bonchev–Trinajstić information content (AvgIpc) is 3.69. The summed E-state index contributed by atoms with van der Waals surface area (Å²) in [4.78, 5) is 37.5. The number of likely N-dealkylation sites (tertiary alicyclic amines) is 2. The Hall–Kier alpha value is -4.34. The Morgan fingerprint density at radius 2 is 1.58 bits per heavy atom. The second-order valence-electron chi connectivity index (χ2n) is 10.2. The lowest BCUT2D eigenvalue weighted by molar-refractivity contribution is -0.137. The number of nitrogens with zero attached hydrogens (tertiary/aromatic N) is 8. The molecule has 10 heteroatoms. The maximum atomic E-state index is 12.9. The van der Waals surface area contributed by atoms with Crippen LogP contribution in [0.2, 0.25) is 0 Å². The number of benzene rings is 1. The molecular weight excluding hydrogens is 480 g/mol. The molecule has 1 atom stereocenters. The van der Waals surface area contributed by atoms with Crippen molar-refractivity contribution in [3.8, 4) is 33.6 Å². The Balaban J connectivity index is 1.09. The van der Waals surface area contributed by atoms with Gasteiger partial charge < -0.3 is 9.80 Å². The maximum absolute atomic E-state index is 12.9. The summed E-state index contributed by atoms with van der Waals surface area (Å²) in [5.74, 6) is 0.614. The van der Waals surface area contributed by atoms with E-state index in [4.69, 9.17) is 0 Å². The number of piperidine rings is 1. The van der Waals surface area contributed by atoms with E-state index < -0.39 is 0 Å². The molecule has 2 saturated heterocycles. The molecule has 38 heavy (non-hydrogen) atoms. The van der Waals surface area contributed by atoms with Gasteiger partial charge in [-0.2, -0.15) is 10.2 Å². The van der Waals surface area contributed by atoms with Crippen molar-refractivity contribution in [1.29, 1.82) is 0 Å². The summed E-state index contributed by atoms with van der Waals surface area (Å²) in [6, 6.07) is 8.37. The molecule has 6 rings (SSSR count). The lowest BCUT2D eigenvalue weighted by atomic mass is 10.0. The second-order valence-corrected chi connectivity index (χ2v) is 10.2. The molecule has 2 amide bonds. The van der Waals surface area contributed by atoms with Crippen molar-refractivity contribution in [2.75, 3.05) is 26.7 Å². The van der Waals surface area contributed by atoms with E-state index in [-0.39, 0.29) is 23.8 Å². The monoisotopic (exact) mass is 510 g/mol. The first kappa shape index (κ1) is 24.0. The zero-order valence-corrected chi connectivity index (χ0v) is 21.6. The summed E-state index contributed by atoms with van der Waals surface area (Å²) in [7, 11) is 3.67. The third kappa shape index (κ3) is 4.69. The number of aryl methyl sites for hydroxylation is 1. The molecule has 1 aromatic carbocycles. The van der Waals surface area contributed by atoms with E-state index in [1.54, 1.807) is 16.6 Å². The highest BCUT2D eigenvalue weighted by molar-refractivity contribution is 5.89. The fourth-order valence-electron chi connectivity index (χ4n) is 5.36. The number of carbonyl (C=O) groups is 2. The summed E-state index contributed by atoms with van der Waals surface area (Å²) in [5, 5.41) is 8.87. The minimum absolute atomic E-state index is 0.0533. The Labute approximate surface area is 220 Å². The standard InChI is InChI=1S/C28H30N8O2/c1-33-16-21(11-26(33)37)28(38)35-8-6-25(7-9-35)36-18-24(15-32-36)22-12-29-27(30-13-22)20-5-3-4-19(10-20)23-14-31-34(2)17-23/h3-5,10,12-15,17-18,21,25H,6-9,11,16H2,1-2H3. The van der Waals surface area contributed by atoms with E-state index in [9.17, 15) is 9.59 Å². The molecule has 5 heterocycles. The summed E-state index contributed by atoms with van der Waals surface area (Å²) >= 11 is 0. The van der Waals surface area contributed by atoms with Gasteiger partial charge in [0.05, 0.1) is 24.4 Å². The summed E-state index contributed by atoms with van der Waals surface area (Å²) in [6.45, 7) is 1.89. The van der Waals surface area contributed by atoms with Crippen LogP contribution in [0.15, 0.2) is 61.4 Å². The zero-order valence-electron chi connectivity index (χ0n) is 21.6. The van der Waals surface area contributed by atoms with Gasteiger partial charge in [0.1, 0.15) is 0 Å². The van der Waals surface area contributed by atoms with Gasteiger partial charge in [-0.1, -0.05) is 18.2 Å². The topological polar surface area (TPSA) is 102 Å². The summed E-state index contributed by atoms with van der Waals surface area (Å²) in [5.41, 5.74) is 4.94. The van der Waals surface area contributed by atoms with Crippen molar-refractivity contribution >= 4 is 11.8 Å². The quantitative estimate of drug-likeness (QED) is 0.409. The molecule has 4 aromatic rings. The molecule has 0 aliphatic carbocycles. The van der Waals surface area contributed by atoms with Crippen molar-refractivity contribution in [2.24, 2.45) is 13.0 Å². The molecule has 194 valence electrons. The van der Waals surface area contributed by atoms with Crippen molar-refractivity contribution in [2.45, 2.75) is 25.3 Å². The van der Waals surface area contributed by atoms with Crippen LogP contribution in [0.1, 0.15) is 25.3 Å². The maximum Gasteiger partial charge on any atom is 0.227 e. The summed E-state index contributed by atoms with van der Waals surface area (Å²) < 4.78 is 3.78. The number of amides is 2. The lowest BCUT2D eigenvalue weighted by Gasteiger charge is -2.33. The van der Waals surface area contributed by atoms with Crippen LogP contribution in [-0.2, 0) is 16.6 Å². The third-order valence-electron chi connectivity index (χ3n) is 7.59. The second kappa shape index (κ2) is 9.85. The molecule has 1 unspecified atom stereocenters. The average molecular weight is 511 g/mol. The van der Waals surface area contributed by atoms with E-state index in [1.807, 2.05) is 65.9 Å². The highest BCUT2D eigenvalue weighted by Crippen LogP contribution is 2.28. The minimum atomic E-state index is -0.207. The number of hydrogen-bond acceptors (Lipinski definition) is 6. The molecule has 2 aliphatic heterocycles. The number of rotatable bonds is 5. The molecule has 0 N–H and O–H groups in total. The summed E-state index contributed by atoms with van der Waals surface area (Å²) in [6.07, 6.45) is 13.4. The molecule has 2 fully saturated rings. The van der Waals surface area contributed by atoms with E-state index in [0.29, 0.717) is 31.9 Å². The smallest absolute Gasteiger partial charge is 0.227 e. The molecule has 0 spiro atoms. The predicted octanol–water partition coefficient (Wildman–Crippen LogP) is 3.05. The van der Waals surface area contributed by atoms with E-state index in [1.165, 1.54) is 0 Å². The predicted molar refractivity (Wildman–Crippen MR) is 141 cm³/mol. The third-order valence-corrected chi connectivity index (χ3v) is 7.59. The van der Waals surface area contributed by atoms with E-state index in [0.717, 1.165) is 40.7 Å². The lowest BCUT2D eigenvalue weighted by Crippen LogP contribution is -2.42. The highest BCUT2D eigenvalue weighted by atomic mass is 16.2. The molecule has 0 saturated carbocycles. The van der Waals surface area contributed by atoms with Crippen molar-refractivity contribution in [1.82, 2.24) is 39.3 Å². The van der Waals surface area contributed by atoms with Gasteiger partial charge in [0.25, 0.3) is 0 Å². The first-order valence-corrected chi connectivity index (χ1v) is 12.9. The van der Waals surface area contributed by atoms with E-state index >= 15 is 0 Å². The van der Waals surface area contributed by atoms with Gasteiger partial charge in [-0.15, -0.1) is 0 Å². The van der Waals surface area contributed by atoms with Crippen LogP contribution in [0, 0.1) is 5.92 Å². The Kier molecular flexibility index (Phi) is 6.22. The normalized spacial score (nSPS) is 18.4. The molecule has 0 radical (unpaired) electrons. The largest absolute Gasteiger partial charge is 0.345 e. The van der Waals surface area contributed by atoms with Gasteiger partial charge >= 0.3 is 0 Å². The van der Waals surface area contributed by atoms with Gasteiger partial charge in [0.15, 0.2) is 5.82 Å². The number of hydrogen-bond donors (Lipinski definition) is 0. The molecular formula is C28H30N8O2. The van der Waals surface area contributed by atoms with Crippen molar-refractivity contribution in [3.63, 3.8) is 0 Å². The Morgan fingerprint density at radius 1 is 0.868 bits per heavy atom. The van der Waals surface area contributed by atoms with Crippen LogP contribution in [-0.4, -0.2) is 77.8 Å².